The van der Waals surface area contributed by atoms with Crippen molar-refractivity contribution in [1.29, 1.82) is 10.5 Å². The summed E-state index contributed by atoms with van der Waals surface area (Å²) in [5.41, 5.74) is -0.656. The van der Waals surface area contributed by atoms with Gasteiger partial charge in [0.25, 0.3) is 0 Å². The van der Waals surface area contributed by atoms with Crippen LogP contribution in [0.25, 0.3) is 6.08 Å². The Morgan fingerprint density at radius 3 is 2.44 bits per heavy atom. The average Bonchev–Trinajstić information content (AvgIpc) is 2.27. The maximum absolute atomic E-state index is 13.6. The summed E-state index contributed by atoms with van der Waals surface area (Å²) in [6, 6.07) is 4.08. The largest absolute Gasteiger partial charge is 0.207 e. The fraction of sp³-hybridized carbons (Fsp3) is 0.0909. The first-order valence-corrected chi connectivity index (χ1v) is 4.55. The molecule has 0 saturated carbocycles. The van der Waals surface area contributed by atoms with E-state index < -0.39 is 11.6 Å². The predicted octanol–water partition coefficient (Wildman–Crippen LogP) is 3.36. The van der Waals surface area contributed by atoms with E-state index in [0.717, 1.165) is 12.1 Å². The molecule has 0 heterocycles. The highest BCUT2D eigenvalue weighted by molar-refractivity contribution is 6.32. The van der Waals surface area contributed by atoms with Crippen LogP contribution >= 0.6 is 11.6 Å². The molecule has 5 heteroatoms. The predicted molar refractivity (Wildman–Crippen MR) is 55.3 cm³/mol. The fourth-order valence-electron chi connectivity index (χ4n) is 1.08. The van der Waals surface area contributed by atoms with Crippen LogP contribution in [-0.2, 0) is 0 Å². The Labute approximate surface area is 96.0 Å². The van der Waals surface area contributed by atoms with E-state index in [4.69, 9.17) is 22.1 Å². The second-order valence-corrected chi connectivity index (χ2v) is 3.38. The Balaban J connectivity index is 3.49. The third-order valence-corrected chi connectivity index (χ3v) is 2.28. The lowest BCUT2D eigenvalue weighted by Crippen LogP contribution is -1.94. The zero-order valence-electron chi connectivity index (χ0n) is 8.18. The summed E-state index contributed by atoms with van der Waals surface area (Å²) in [5, 5.41) is 16.8. The Hall–Kier alpha value is -1.91. The minimum Gasteiger partial charge on any atom is -0.207 e. The molecule has 1 rings (SSSR count). The summed E-state index contributed by atoms with van der Waals surface area (Å²) < 4.78 is 26.6. The quantitative estimate of drug-likeness (QED) is 0.705. The van der Waals surface area contributed by atoms with Gasteiger partial charge in [-0.15, -0.1) is 0 Å². The van der Waals surface area contributed by atoms with Crippen molar-refractivity contribution in [3.8, 4) is 12.1 Å². The van der Waals surface area contributed by atoms with Crippen molar-refractivity contribution >= 4 is 17.7 Å². The van der Waals surface area contributed by atoms with Crippen LogP contribution in [0.4, 0.5) is 8.78 Å². The molecule has 0 radical (unpaired) electrons. The monoisotopic (exact) mass is 238 g/mol. The molecule has 0 unspecified atom stereocenters. The van der Waals surface area contributed by atoms with Crippen molar-refractivity contribution < 1.29 is 8.78 Å². The molecule has 0 aliphatic rings. The first kappa shape index (κ1) is 12.2. The maximum Gasteiger partial charge on any atom is 0.137 e. The van der Waals surface area contributed by atoms with Gasteiger partial charge in [-0.05, 0) is 19.1 Å². The van der Waals surface area contributed by atoms with Gasteiger partial charge in [0.2, 0.25) is 0 Å². The van der Waals surface area contributed by atoms with E-state index in [1.165, 1.54) is 6.92 Å². The highest BCUT2D eigenvalue weighted by Gasteiger charge is 2.13. The lowest BCUT2D eigenvalue weighted by molar-refractivity contribution is 0.566. The number of nitrogens with zero attached hydrogens (tertiary/aromatic N) is 2. The van der Waals surface area contributed by atoms with Crippen molar-refractivity contribution in [3.05, 3.63) is 39.4 Å². The van der Waals surface area contributed by atoms with Crippen LogP contribution in [0.5, 0.6) is 0 Å². The fourth-order valence-corrected chi connectivity index (χ4v) is 1.31. The van der Waals surface area contributed by atoms with Crippen LogP contribution < -0.4 is 0 Å². The molecule has 2 nitrogen and oxygen atoms in total. The second kappa shape index (κ2) is 4.74. The second-order valence-electron chi connectivity index (χ2n) is 2.97. The van der Waals surface area contributed by atoms with E-state index in [1.54, 1.807) is 12.1 Å². The zero-order chi connectivity index (χ0) is 12.3. The highest BCUT2D eigenvalue weighted by atomic mass is 35.5. The van der Waals surface area contributed by atoms with E-state index in [-0.39, 0.29) is 21.7 Å². The van der Waals surface area contributed by atoms with Crippen LogP contribution in [-0.4, -0.2) is 0 Å². The molecule has 1 aromatic carbocycles. The van der Waals surface area contributed by atoms with E-state index in [1.807, 2.05) is 0 Å². The topological polar surface area (TPSA) is 47.6 Å². The molecule has 0 aliphatic heterocycles. The smallest absolute Gasteiger partial charge is 0.137 e. The van der Waals surface area contributed by atoms with E-state index in [2.05, 4.69) is 0 Å². The normalized spacial score (nSPS) is 9.12. The summed E-state index contributed by atoms with van der Waals surface area (Å²) in [5.74, 6) is -1.64. The minimum atomic E-state index is -0.868. The molecule has 0 aliphatic carbocycles. The average molecular weight is 239 g/mol. The number of nitriles is 2. The lowest BCUT2D eigenvalue weighted by atomic mass is 10.1. The number of hydrogen-bond donors (Lipinski definition) is 0. The number of halogens is 3. The summed E-state index contributed by atoms with van der Waals surface area (Å²) in [6.07, 6.45) is 0.990. The van der Waals surface area contributed by atoms with Crippen LogP contribution in [0.3, 0.4) is 0 Å². The van der Waals surface area contributed by atoms with Gasteiger partial charge in [-0.1, -0.05) is 11.6 Å². The van der Waals surface area contributed by atoms with Gasteiger partial charge in [-0.25, -0.2) is 8.78 Å². The van der Waals surface area contributed by atoms with Crippen LogP contribution in [0.1, 0.15) is 11.1 Å². The summed E-state index contributed by atoms with van der Waals surface area (Å²) in [4.78, 5) is 0. The molecule has 0 aromatic heterocycles. The molecule has 0 atom stereocenters. The van der Waals surface area contributed by atoms with Crippen molar-refractivity contribution in [3.63, 3.8) is 0 Å². The zero-order valence-corrected chi connectivity index (χ0v) is 8.94. The standard InChI is InChI=1S/C11H5ClF2N2/c1-6-10(13)3-9(12)8(11(6)14)2-7(4-15)5-16/h2-3H,1H3. The van der Waals surface area contributed by atoms with Gasteiger partial charge in [-0.3, -0.25) is 0 Å². The molecule has 0 spiro atoms. The first-order valence-electron chi connectivity index (χ1n) is 4.17. The first-order chi connectivity index (χ1) is 7.51. The maximum atomic E-state index is 13.6. The molecule has 0 amide bonds. The molecular weight excluding hydrogens is 234 g/mol. The molecule has 0 N–H and O–H groups in total. The molecule has 0 saturated heterocycles. The van der Waals surface area contributed by atoms with Gasteiger partial charge >= 0.3 is 0 Å². The molecule has 0 fully saturated rings. The van der Waals surface area contributed by atoms with Gasteiger partial charge in [0.1, 0.15) is 29.3 Å². The van der Waals surface area contributed by atoms with Crippen molar-refractivity contribution in [2.75, 3.05) is 0 Å². The Morgan fingerprint density at radius 2 is 1.94 bits per heavy atom. The Kier molecular flexibility index (Phi) is 3.60. The summed E-state index contributed by atoms with van der Waals surface area (Å²) in [6.45, 7) is 1.25. The molecule has 0 bridgehead atoms. The van der Waals surface area contributed by atoms with Crippen molar-refractivity contribution in [1.82, 2.24) is 0 Å². The van der Waals surface area contributed by atoms with Crippen molar-refractivity contribution in [2.24, 2.45) is 0 Å². The Bertz CT molecular complexity index is 535. The molecule has 1 aromatic rings. The number of allylic oxidation sites excluding steroid dienone is 1. The third kappa shape index (κ3) is 2.18. The number of hydrogen-bond acceptors (Lipinski definition) is 2. The van der Waals surface area contributed by atoms with E-state index >= 15 is 0 Å². The third-order valence-electron chi connectivity index (χ3n) is 1.96. The van der Waals surface area contributed by atoms with Crippen LogP contribution in [0.2, 0.25) is 5.02 Å². The van der Waals surface area contributed by atoms with Crippen LogP contribution in [0.15, 0.2) is 11.6 Å². The van der Waals surface area contributed by atoms with Gasteiger partial charge < -0.3 is 0 Å². The highest BCUT2D eigenvalue weighted by Crippen LogP contribution is 2.26. The van der Waals surface area contributed by atoms with E-state index in [9.17, 15) is 8.78 Å². The minimum absolute atomic E-state index is 0.154. The van der Waals surface area contributed by atoms with Crippen LogP contribution in [0, 0.1) is 41.2 Å². The van der Waals surface area contributed by atoms with Gasteiger partial charge in [-0.2, -0.15) is 10.5 Å². The summed E-state index contributed by atoms with van der Waals surface area (Å²) >= 11 is 5.62. The SMILES string of the molecule is Cc1c(F)cc(Cl)c(C=C(C#N)C#N)c1F. The molecule has 80 valence electrons. The summed E-state index contributed by atoms with van der Waals surface area (Å²) in [7, 11) is 0. The Morgan fingerprint density at radius 1 is 1.38 bits per heavy atom. The van der Waals surface area contributed by atoms with Crippen molar-refractivity contribution in [2.45, 2.75) is 6.92 Å². The lowest BCUT2D eigenvalue weighted by Gasteiger charge is -2.05. The van der Waals surface area contributed by atoms with Gasteiger partial charge in [0.05, 0.1) is 5.02 Å². The number of benzene rings is 1. The molecular formula is C11H5ClF2N2. The van der Waals surface area contributed by atoms with E-state index in [0.29, 0.717) is 0 Å². The molecule has 16 heavy (non-hydrogen) atoms. The van der Waals surface area contributed by atoms with Gasteiger partial charge in [0, 0.05) is 11.1 Å². The number of rotatable bonds is 1. The van der Waals surface area contributed by atoms with Gasteiger partial charge in [0.15, 0.2) is 0 Å².